The van der Waals surface area contributed by atoms with Crippen LogP contribution in [0.1, 0.15) is 0 Å². The van der Waals surface area contributed by atoms with Crippen molar-refractivity contribution >= 4 is 0 Å². The highest BCUT2D eigenvalue weighted by Gasteiger charge is 2.01. The van der Waals surface area contributed by atoms with Gasteiger partial charge in [0, 0.05) is 0 Å². The Hall–Kier alpha value is -1.81. The molecule has 0 amide bonds. The Morgan fingerprint density at radius 1 is 1.25 bits per heavy atom. The van der Waals surface area contributed by atoms with Gasteiger partial charge in [0.25, 0.3) is 0 Å². The first-order chi connectivity index (χ1) is 5.67. The van der Waals surface area contributed by atoms with Gasteiger partial charge in [0.1, 0.15) is 0 Å². The van der Waals surface area contributed by atoms with Crippen LogP contribution in [0.4, 0.5) is 0 Å². The summed E-state index contributed by atoms with van der Waals surface area (Å²) < 4.78 is 0. The van der Waals surface area contributed by atoms with Crippen molar-refractivity contribution in [1.82, 2.24) is 0 Å². The van der Waals surface area contributed by atoms with Crippen molar-refractivity contribution in [2.24, 2.45) is 0 Å². The Balaban J connectivity index is 4.80. The second-order valence-corrected chi connectivity index (χ2v) is 2.14. The van der Waals surface area contributed by atoms with Crippen LogP contribution in [0.5, 0.6) is 0 Å². The van der Waals surface area contributed by atoms with Crippen molar-refractivity contribution in [3.8, 4) is 6.07 Å². The molecule has 0 aromatic rings. The van der Waals surface area contributed by atoms with E-state index in [2.05, 4.69) is 26.3 Å². The van der Waals surface area contributed by atoms with Crippen LogP contribution in [-0.4, -0.2) is 0 Å². The molecule has 0 saturated heterocycles. The zero-order chi connectivity index (χ0) is 9.56. The summed E-state index contributed by atoms with van der Waals surface area (Å²) in [5.74, 6) is 0. The Bertz CT molecular complexity index is 297. The molecule has 1 heteroatoms. The monoisotopic (exact) mass is 157 g/mol. The molecule has 0 radical (unpaired) electrons. The molecule has 0 aliphatic carbocycles. The highest BCUT2D eigenvalue weighted by molar-refractivity contribution is 5.54. The molecule has 0 bridgehead atoms. The molecule has 0 saturated carbocycles. The zero-order valence-corrected chi connectivity index (χ0v) is 7.01. The number of allylic oxidation sites excluding steroid dienone is 6. The third-order valence-electron chi connectivity index (χ3n) is 1.36. The smallest absolute Gasteiger partial charge is 0.0997 e. The zero-order valence-electron chi connectivity index (χ0n) is 7.01. The third-order valence-corrected chi connectivity index (χ3v) is 1.36. The van der Waals surface area contributed by atoms with Crippen LogP contribution in [0.2, 0.25) is 0 Å². The van der Waals surface area contributed by atoms with Crippen molar-refractivity contribution in [2.45, 2.75) is 0 Å². The Labute approximate surface area is 73.3 Å². The molecule has 0 heterocycles. The molecule has 0 unspecified atom stereocenters. The van der Waals surface area contributed by atoms with Gasteiger partial charge in [-0.2, -0.15) is 5.26 Å². The molecule has 12 heavy (non-hydrogen) atoms. The first kappa shape index (κ1) is 10.2. The summed E-state index contributed by atoms with van der Waals surface area (Å²) in [6.07, 6.45) is 4.70. The summed E-state index contributed by atoms with van der Waals surface area (Å²) in [5, 5.41) is 8.67. The van der Waals surface area contributed by atoms with Crippen LogP contribution < -0.4 is 0 Å². The van der Waals surface area contributed by atoms with Gasteiger partial charge in [0.15, 0.2) is 0 Å². The fraction of sp³-hybridized carbons (Fsp3) is 0. The van der Waals surface area contributed by atoms with E-state index in [0.717, 1.165) is 0 Å². The normalized spacial score (nSPS) is 9.75. The lowest BCUT2D eigenvalue weighted by atomic mass is 10.0. The van der Waals surface area contributed by atoms with Crippen LogP contribution in [0.25, 0.3) is 0 Å². The largest absolute Gasteiger partial charge is 0.192 e. The Morgan fingerprint density at radius 3 is 2.17 bits per heavy atom. The predicted molar refractivity (Wildman–Crippen MR) is 52.4 cm³/mol. The maximum Gasteiger partial charge on any atom is 0.0997 e. The minimum atomic E-state index is 0.468. The SMILES string of the molecule is C=C/C=C(/C#N)C(=C)C(=C)C=C. The van der Waals surface area contributed by atoms with Crippen molar-refractivity contribution in [1.29, 1.82) is 5.26 Å². The Kier molecular flexibility index (Phi) is 4.18. The fourth-order valence-corrected chi connectivity index (χ4v) is 0.619. The fourth-order valence-electron chi connectivity index (χ4n) is 0.619. The van der Waals surface area contributed by atoms with E-state index < -0.39 is 0 Å². The van der Waals surface area contributed by atoms with Gasteiger partial charge in [-0.25, -0.2) is 0 Å². The van der Waals surface area contributed by atoms with Gasteiger partial charge < -0.3 is 0 Å². The lowest BCUT2D eigenvalue weighted by Gasteiger charge is -2.01. The molecule has 0 aliphatic rings. The minimum absolute atomic E-state index is 0.468. The van der Waals surface area contributed by atoms with Crippen LogP contribution in [0.15, 0.2) is 61.3 Å². The van der Waals surface area contributed by atoms with Gasteiger partial charge in [0.2, 0.25) is 0 Å². The summed E-state index contributed by atoms with van der Waals surface area (Å²) in [5.41, 5.74) is 1.71. The summed E-state index contributed by atoms with van der Waals surface area (Å²) in [4.78, 5) is 0. The third kappa shape index (κ3) is 2.43. The minimum Gasteiger partial charge on any atom is -0.192 e. The van der Waals surface area contributed by atoms with E-state index >= 15 is 0 Å². The molecule has 0 aromatic carbocycles. The molecule has 60 valence electrons. The predicted octanol–water partition coefficient (Wildman–Crippen LogP) is 2.92. The van der Waals surface area contributed by atoms with Gasteiger partial charge in [-0.1, -0.05) is 38.5 Å². The van der Waals surface area contributed by atoms with E-state index in [9.17, 15) is 0 Å². The second-order valence-electron chi connectivity index (χ2n) is 2.14. The van der Waals surface area contributed by atoms with Gasteiger partial charge >= 0.3 is 0 Å². The summed E-state index contributed by atoms with van der Waals surface area (Å²) in [6, 6.07) is 2.00. The number of nitriles is 1. The van der Waals surface area contributed by atoms with E-state index in [1.807, 2.05) is 6.07 Å². The van der Waals surface area contributed by atoms with Crippen LogP contribution in [0.3, 0.4) is 0 Å². The summed E-state index contributed by atoms with van der Waals surface area (Å²) in [7, 11) is 0. The van der Waals surface area contributed by atoms with Gasteiger partial charge in [-0.05, 0) is 17.2 Å². The van der Waals surface area contributed by atoms with Gasteiger partial charge in [-0.15, -0.1) is 0 Å². The van der Waals surface area contributed by atoms with Crippen LogP contribution in [-0.2, 0) is 0 Å². The van der Waals surface area contributed by atoms with Crippen LogP contribution in [0, 0.1) is 11.3 Å². The average Bonchev–Trinajstić information content (AvgIpc) is 2.11. The maximum absolute atomic E-state index is 8.67. The summed E-state index contributed by atoms with van der Waals surface area (Å²) >= 11 is 0. The van der Waals surface area contributed by atoms with E-state index in [1.54, 1.807) is 18.2 Å². The second kappa shape index (κ2) is 4.92. The molecule has 0 rings (SSSR count). The molecule has 0 aromatic heterocycles. The van der Waals surface area contributed by atoms with E-state index in [-0.39, 0.29) is 0 Å². The molecule has 0 atom stereocenters. The lowest BCUT2D eigenvalue weighted by Crippen LogP contribution is -1.86. The Morgan fingerprint density at radius 2 is 1.83 bits per heavy atom. The average molecular weight is 157 g/mol. The molecule has 0 N–H and O–H groups in total. The molecular formula is C11H11N. The first-order valence-corrected chi connectivity index (χ1v) is 3.41. The quantitative estimate of drug-likeness (QED) is 0.454. The highest BCUT2D eigenvalue weighted by atomic mass is 14.2. The maximum atomic E-state index is 8.67. The van der Waals surface area contributed by atoms with Crippen molar-refractivity contribution < 1.29 is 0 Å². The molecule has 0 aliphatic heterocycles. The van der Waals surface area contributed by atoms with Gasteiger partial charge in [0.05, 0.1) is 11.6 Å². The molecular weight excluding hydrogens is 146 g/mol. The molecule has 0 spiro atoms. The number of nitrogens with zero attached hydrogens (tertiary/aromatic N) is 1. The number of hydrogen-bond acceptors (Lipinski definition) is 1. The van der Waals surface area contributed by atoms with Crippen molar-refractivity contribution in [3.63, 3.8) is 0 Å². The van der Waals surface area contributed by atoms with E-state index in [1.165, 1.54) is 0 Å². The van der Waals surface area contributed by atoms with E-state index in [4.69, 9.17) is 5.26 Å². The summed E-state index contributed by atoms with van der Waals surface area (Å²) in [6.45, 7) is 14.4. The van der Waals surface area contributed by atoms with Crippen molar-refractivity contribution in [2.75, 3.05) is 0 Å². The first-order valence-electron chi connectivity index (χ1n) is 3.41. The molecule has 0 fully saturated rings. The number of rotatable bonds is 4. The van der Waals surface area contributed by atoms with Gasteiger partial charge in [-0.3, -0.25) is 0 Å². The standard InChI is InChI=1S/C11H11N/c1-5-7-11(8-12)10(4)9(3)6-2/h5-7H,1-4H2/b11-7-. The topological polar surface area (TPSA) is 23.8 Å². The van der Waals surface area contributed by atoms with E-state index in [0.29, 0.717) is 16.7 Å². The lowest BCUT2D eigenvalue weighted by molar-refractivity contribution is 1.44. The molecule has 1 nitrogen and oxygen atoms in total. The van der Waals surface area contributed by atoms with Crippen molar-refractivity contribution in [3.05, 3.63) is 61.3 Å². The highest BCUT2D eigenvalue weighted by Crippen LogP contribution is 2.15. The number of hydrogen-bond donors (Lipinski definition) is 0. The van der Waals surface area contributed by atoms with Crippen LogP contribution >= 0.6 is 0 Å².